The Bertz CT molecular complexity index is 395. The van der Waals surface area contributed by atoms with Crippen LogP contribution in [-0.4, -0.2) is 36.2 Å². The molecule has 0 aliphatic carbocycles. The number of hydrogen-bond donors (Lipinski definition) is 2. The number of carbonyl (C=O) groups excluding carboxylic acids is 1. The quantitative estimate of drug-likeness (QED) is 0.822. The summed E-state index contributed by atoms with van der Waals surface area (Å²) in [6.45, 7) is 0.680. The number of nitrogens with one attached hydrogen (secondary N) is 2. The van der Waals surface area contributed by atoms with E-state index in [-0.39, 0.29) is 0 Å². The lowest BCUT2D eigenvalue weighted by molar-refractivity contribution is -0.139. The Kier molecular flexibility index (Phi) is 5.75. The van der Waals surface area contributed by atoms with E-state index in [4.69, 9.17) is 0 Å². The van der Waals surface area contributed by atoms with Gasteiger partial charge in [0.1, 0.15) is 6.54 Å². The minimum atomic E-state index is -4.39. The minimum absolute atomic E-state index is 0.470. The van der Waals surface area contributed by atoms with Gasteiger partial charge >= 0.3 is 6.18 Å². The van der Waals surface area contributed by atoms with E-state index in [1.54, 1.807) is 12.3 Å². The molecule has 1 amide bonds. The topological polar surface area (TPSA) is 54.0 Å². The number of aromatic nitrogens is 1. The number of hydrogen-bond acceptors (Lipinski definition) is 3. The maximum Gasteiger partial charge on any atom is 0.405 e. The Morgan fingerprint density at radius 2 is 2.16 bits per heavy atom. The van der Waals surface area contributed by atoms with Crippen molar-refractivity contribution in [2.75, 3.05) is 13.1 Å². The first-order valence-corrected chi connectivity index (χ1v) is 5.86. The molecule has 0 bridgehead atoms. The van der Waals surface area contributed by atoms with Gasteiger partial charge in [-0.25, -0.2) is 0 Å². The summed E-state index contributed by atoms with van der Waals surface area (Å²) in [6, 6.07) is 4.81. The molecule has 106 valence electrons. The van der Waals surface area contributed by atoms with E-state index in [1.807, 2.05) is 17.4 Å². The number of carbonyl (C=O) groups is 1. The molecular formula is C12H16F3N3O. The van der Waals surface area contributed by atoms with Crippen LogP contribution in [0.1, 0.15) is 12.6 Å². The van der Waals surface area contributed by atoms with Crippen molar-refractivity contribution in [3.05, 3.63) is 30.1 Å². The van der Waals surface area contributed by atoms with Gasteiger partial charge in [-0.05, 0) is 19.1 Å². The normalized spacial score (nSPS) is 13.1. The Morgan fingerprint density at radius 1 is 1.42 bits per heavy atom. The highest BCUT2D eigenvalue weighted by Crippen LogP contribution is 2.12. The van der Waals surface area contributed by atoms with Crippen LogP contribution >= 0.6 is 0 Å². The lowest BCUT2D eigenvalue weighted by atomic mass is 10.2. The van der Waals surface area contributed by atoms with Crippen LogP contribution in [0.15, 0.2) is 24.4 Å². The Labute approximate surface area is 109 Å². The third-order valence-corrected chi connectivity index (χ3v) is 2.41. The molecule has 1 heterocycles. The second-order valence-electron chi connectivity index (χ2n) is 4.08. The standard InChI is InChI=1S/C12H16F3N3O/c1-9(11(19)18-8-12(13,14)15)16-7-5-10-4-2-3-6-17-10/h2-4,6,9,16H,5,7-8H2,1H3,(H,18,19). The molecule has 1 atom stereocenters. The Morgan fingerprint density at radius 3 is 2.74 bits per heavy atom. The van der Waals surface area contributed by atoms with E-state index in [9.17, 15) is 18.0 Å². The van der Waals surface area contributed by atoms with Crippen LogP contribution in [0.5, 0.6) is 0 Å². The molecule has 0 saturated heterocycles. The van der Waals surface area contributed by atoms with Crippen molar-refractivity contribution in [3.8, 4) is 0 Å². The van der Waals surface area contributed by atoms with Gasteiger partial charge in [0.25, 0.3) is 0 Å². The molecule has 1 aromatic rings. The van der Waals surface area contributed by atoms with Crippen molar-refractivity contribution in [2.24, 2.45) is 0 Å². The molecule has 0 spiro atoms. The predicted molar refractivity (Wildman–Crippen MR) is 64.5 cm³/mol. The van der Waals surface area contributed by atoms with Gasteiger partial charge in [0.05, 0.1) is 6.04 Å². The molecular weight excluding hydrogens is 259 g/mol. The van der Waals surface area contributed by atoms with Gasteiger partial charge in [-0.3, -0.25) is 9.78 Å². The van der Waals surface area contributed by atoms with Crippen molar-refractivity contribution in [1.82, 2.24) is 15.6 Å². The third kappa shape index (κ3) is 6.76. The SMILES string of the molecule is CC(NCCc1ccccn1)C(=O)NCC(F)(F)F. The van der Waals surface area contributed by atoms with Gasteiger partial charge in [0.15, 0.2) is 0 Å². The van der Waals surface area contributed by atoms with Crippen LogP contribution in [0.25, 0.3) is 0 Å². The van der Waals surface area contributed by atoms with Crippen molar-refractivity contribution < 1.29 is 18.0 Å². The Hall–Kier alpha value is -1.63. The van der Waals surface area contributed by atoms with Crippen LogP contribution in [0.4, 0.5) is 13.2 Å². The van der Waals surface area contributed by atoms with Gasteiger partial charge in [0, 0.05) is 24.9 Å². The predicted octanol–water partition coefficient (Wildman–Crippen LogP) is 1.28. The second-order valence-corrected chi connectivity index (χ2v) is 4.08. The largest absolute Gasteiger partial charge is 0.405 e. The molecule has 0 aliphatic heterocycles. The van der Waals surface area contributed by atoms with Gasteiger partial charge in [-0.1, -0.05) is 6.07 Å². The summed E-state index contributed by atoms with van der Waals surface area (Å²) in [4.78, 5) is 15.4. The fourth-order valence-corrected chi connectivity index (χ4v) is 1.40. The molecule has 0 aromatic carbocycles. The van der Waals surface area contributed by atoms with Gasteiger partial charge < -0.3 is 10.6 Å². The van der Waals surface area contributed by atoms with Crippen LogP contribution in [0, 0.1) is 0 Å². The highest BCUT2D eigenvalue weighted by molar-refractivity contribution is 5.81. The van der Waals surface area contributed by atoms with E-state index in [0.717, 1.165) is 5.69 Å². The monoisotopic (exact) mass is 275 g/mol. The van der Waals surface area contributed by atoms with Gasteiger partial charge in [-0.2, -0.15) is 13.2 Å². The zero-order valence-electron chi connectivity index (χ0n) is 10.5. The van der Waals surface area contributed by atoms with Crippen molar-refractivity contribution in [1.29, 1.82) is 0 Å². The molecule has 0 radical (unpaired) electrons. The van der Waals surface area contributed by atoms with Crippen molar-refractivity contribution in [2.45, 2.75) is 25.6 Å². The number of nitrogens with zero attached hydrogens (tertiary/aromatic N) is 1. The minimum Gasteiger partial charge on any atom is -0.346 e. The lowest BCUT2D eigenvalue weighted by Gasteiger charge is -2.14. The molecule has 7 heteroatoms. The summed E-state index contributed by atoms with van der Waals surface area (Å²) in [5.74, 6) is -0.668. The summed E-state index contributed by atoms with van der Waals surface area (Å²) in [7, 11) is 0. The second kappa shape index (κ2) is 7.08. The summed E-state index contributed by atoms with van der Waals surface area (Å²) < 4.78 is 35.7. The van der Waals surface area contributed by atoms with E-state index >= 15 is 0 Å². The first kappa shape index (κ1) is 15.4. The van der Waals surface area contributed by atoms with Crippen LogP contribution in [-0.2, 0) is 11.2 Å². The highest BCUT2D eigenvalue weighted by atomic mass is 19.4. The maximum atomic E-state index is 11.9. The summed E-state index contributed by atoms with van der Waals surface area (Å²) in [5, 5.41) is 4.68. The Balaban J connectivity index is 2.23. The molecule has 0 fully saturated rings. The van der Waals surface area contributed by atoms with E-state index < -0.39 is 24.7 Å². The average Bonchev–Trinajstić information content (AvgIpc) is 2.36. The van der Waals surface area contributed by atoms with E-state index in [2.05, 4.69) is 10.3 Å². The zero-order chi connectivity index (χ0) is 14.3. The fourth-order valence-electron chi connectivity index (χ4n) is 1.40. The number of rotatable bonds is 6. The first-order valence-electron chi connectivity index (χ1n) is 5.86. The smallest absolute Gasteiger partial charge is 0.346 e. The molecule has 0 saturated carbocycles. The van der Waals surface area contributed by atoms with Crippen LogP contribution in [0.3, 0.4) is 0 Å². The number of amides is 1. The fraction of sp³-hybridized carbons (Fsp3) is 0.500. The van der Waals surface area contributed by atoms with E-state index in [0.29, 0.717) is 13.0 Å². The highest BCUT2D eigenvalue weighted by Gasteiger charge is 2.28. The molecule has 1 rings (SSSR count). The maximum absolute atomic E-state index is 11.9. The molecule has 4 nitrogen and oxygen atoms in total. The van der Waals surface area contributed by atoms with Crippen LogP contribution < -0.4 is 10.6 Å². The average molecular weight is 275 g/mol. The summed E-state index contributed by atoms with van der Waals surface area (Å²) in [5.41, 5.74) is 0.859. The lowest BCUT2D eigenvalue weighted by Crippen LogP contribution is -2.45. The zero-order valence-corrected chi connectivity index (χ0v) is 10.5. The molecule has 1 aromatic heterocycles. The number of pyridine rings is 1. The molecule has 19 heavy (non-hydrogen) atoms. The molecule has 0 aliphatic rings. The van der Waals surface area contributed by atoms with Crippen LogP contribution in [0.2, 0.25) is 0 Å². The van der Waals surface area contributed by atoms with Gasteiger partial charge in [-0.15, -0.1) is 0 Å². The van der Waals surface area contributed by atoms with Crippen molar-refractivity contribution in [3.63, 3.8) is 0 Å². The van der Waals surface area contributed by atoms with E-state index in [1.165, 1.54) is 6.92 Å². The number of halogens is 3. The number of alkyl halides is 3. The third-order valence-electron chi connectivity index (χ3n) is 2.41. The summed E-state index contributed by atoms with van der Waals surface area (Å²) in [6.07, 6.45) is -2.12. The molecule has 2 N–H and O–H groups in total. The first-order chi connectivity index (χ1) is 8.88. The molecule has 1 unspecified atom stereocenters. The van der Waals surface area contributed by atoms with Gasteiger partial charge in [0.2, 0.25) is 5.91 Å². The summed E-state index contributed by atoms with van der Waals surface area (Å²) >= 11 is 0. The van der Waals surface area contributed by atoms with Crippen molar-refractivity contribution >= 4 is 5.91 Å².